The maximum absolute atomic E-state index is 2.51. The maximum Gasteiger partial charge on any atom is 0.0112 e. The van der Waals surface area contributed by atoms with Gasteiger partial charge in [0.1, 0.15) is 0 Å². The second kappa shape index (κ2) is 7.34. The summed E-state index contributed by atoms with van der Waals surface area (Å²) in [4.78, 5) is 4.99. The summed E-state index contributed by atoms with van der Waals surface area (Å²) in [6.07, 6.45) is 0. The van der Waals surface area contributed by atoms with Crippen LogP contribution in [0, 0.1) is 0 Å². The second-order valence-corrected chi connectivity index (χ2v) is 3.75. The minimum absolute atomic E-state index is 0.681. The average Bonchev–Trinajstić information content (AvgIpc) is 2.12. The van der Waals surface area contributed by atoms with Gasteiger partial charge < -0.3 is 4.90 Å². The van der Waals surface area contributed by atoms with Crippen molar-refractivity contribution < 1.29 is 0 Å². The Morgan fingerprint density at radius 1 is 0.846 bits per heavy atom. The Kier molecular flexibility index (Phi) is 7.29. The molecule has 13 heavy (non-hydrogen) atoms. The molecule has 2 nitrogen and oxygen atoms in total. The van der Waals surface area contributed by atoms with Crippen LogP contribution in [-0.2, 0) is 0 Å². The molecule has 0 spiro atoms. The van der Waals surface area contributed by atoms with Crippen LogP contribution in [0.15, 0.2) is 0 Å². The Hall–Kier alpha value is -0.0800. The van der Waals surface area contributed by atoms with Crippen LogP contribution in [0.25, 0.3) is 0 Å². The van der Waals surface area contributed by atoms with Gasteiger partial charge in [-0.1, -0.05) is 20.8 Å². The van der Waals surface area contributed by atoms with Crippen molar-refractivity contribution in [2.75, 3.05) is 32.7 Å². The van der Waals surface area contributed by atoms with E-state index in [0.717, 1.165) is 0 Å². The van der Waals surface area contributed by atoms with Gasteiger partial charge >= 0.3 is 0 Å². The summed E-state index contributed by atoms with van der Waals surface area (Å²) >= 11 is 0. The van der Waals surface area contributed by atoms with Crippen molar-refractivity contribution in [2.45, 2.75) is 40.7 Å². The summed E-state index contributed by atoms with van der Waals surface area (Å²) in [5.74, 6) is 0. The van der Waals surface area contributed by atoms with Crippen LogP contribution in [0.4, 0.5) is 0 Å². The van der Waals surface area contributed by atoms with Crippen LogP contribution in [0.3, 0.4) is 0 Å². The Bertz CT molecular complexity index is 109. The van der Waals surface area contributed by atoms with E-state index in [1.54, 1.807) is 0 Å². The molecule has 0 amide bonds. The summed E-state index contributed by atoms with van der Waals surface area (Å²) in [5.41, 5.74) is 0. The van der Waals surface area contributed by atoms with Crippen molar-refractivity contribution in [1.29, 1.82) is 0 Å². The molecule has 2 heteroatoms. The molecule has 0 radical (unpaired) electrons. The fourth-order valence-electron chi connectivity index (χ4n) is 1.59. The van der Waals surface area contributed by atoms with E-state index >= 15 is 0 Å². The van der Waals surface area contributed by atoms with Gasteiger partial charge in [-0.25, -0.2) is 0 Å². The highest BCUT2D eigenvalue weighted by Crippen LogP contribution is 1.97. The van der Waals surface area contributed by atoms with E-state index in [1.807, 2.05) is 0 Å². The summed E-state index contributed by atoms with van der Waals surface area (Å²) in [5, 5.41) is 0. The van der Waals surface area contributed by atoms with E-state index in [4.69, 9.17) is 0 Å². The van der Waals surface area contributed by atoms with Gasteiger partial charge in [-0.3, -0.25) is 4.90 Å². The van der Waals surface area contributed by atoms with Gasteiger partial charge in [-0.2, -0.15) is 0 Å². The minimum atomic E-state index is 0.681. The largest absolute Gasteiger partial charge is 0.303 e. The Morgan fingerprint density at radius 2 is 1.38 bits per heavy atom. The van der Waals surface area contributed by atoms with Gasteiger partial charge in [0.05, 0.1) is 0 Å². The number of hydrogen-bond acceptors (Lipinski definition) is 2. The topological polar surface area (TPSA) is 6.48 Å². The first kappa shape index (κ1) is 12.9. The van der Waals surface area contributed by atoms with Crippen molar-refractivity contribution in [2.24, 2.45) is 0 Å². The Balaban J connectivity index is 3.69. The maximum atomic E-state index is 2.51. The lowest BCUT2D eigenvalue weighted by Crippen LogP contribution is -2.38. The van der Waals surface area contributed by atoms with Crippen molar-refractivity contribution in [3.8, 4) is 0 Å². The Labute approximate surface area is 83.9 Å². The smallest absolute Gasteiger partial charge is 0.0112 e. The predicted octanol–water partition coefficient (Wildman–Crippen LogP) is 2.06. The third-order valence-corrected chi connectivity index (χ3v) is 2.73. The molecule has 0 aromatic rings. The first-order valence-electron chi connectivity index (χ1n) is 5.62. The molecule has 0 atom stereocenters. The molecule has 0 saturated heterocycles. The van der Waals surface area contributed by atoms with Gasteiger partial charge in [0, 0.05) is 19.1 Å². The van der Waals surface area contributed by atoms with Gasteiger partial charge in [0.25, 0.3) is 0 Å². The highest BCUT2D eigenvalue weighted by Gasteiger charge is 2.07. The first-order valence-corrected chi connectivity index (χ1v) is 5.62. The van der Waals surface area contributed by atoms with Crippen LogP contribution in [0.2, 0.25) is 0 Å². The molecule has 0 aliphatic heterocycles. The van der Waals surface area contributed by atoms with Gasteiger partial charge in [-0.05, 0) is 33.5 Å². The molecular formula is C11H26N2. The molecule has 0 aromatic carbocycles. The standard InChI is InChI=1S/C11H26N2/c1-6-12(7-2)9-10-13(8-3)11(4)5/h11H,6-10H2,1-5H3. The van der Waals surface area contributed by atoms with E-state index in [-0.39, 0.29) is 0 Å². The van der Waals surface area contributed by atoms with Gasteiger partial charge in [0.15, 0.2) is 0 Å². The zero-order valence-corrected chi connectivity index (χ0v) is 10.0. The van der Waals surface area contributed by atoms with Crippen LogP contribution < -0.4 is 0 Å². The lowest BCUT2D eigenvalue weighted by Gasteiger charge is -2.28. The fraction of sp³-hybridized carbons (Fsp3) is 1.00. The summed E-state index contributed by atoms with van der Waals surface area (Å²) < 4.78 is 0. The van der Waals surface area contributed by atoms with E-state index in [0.29, 0.717) is 6.04 Å². The highest BCUT2D eigenvalue weighted by molar-refractivity contribution is 4.63. The molecule has 0 heterocycles. The SMILES string of the molecule is CCN(CC)CCN(CC)C(C)C. The summed E-state index contributed by atoms with van der Waals surface area (Å²) in [7, 11) is 0. The molecule has 0 rings (SSSR count). The Morgan fingerprint density at radius 3 is 1.69 bits per heavy atom. The second-order valence-electron chi connectivity index (χ2n) is 3.75. The molecule has 0 aliphatic carbocycles. The van der Waals surface area contributed by atoms with E-state index < -0.39 is 0 Å². The number of rotatable bonds is 7. The van der Waals surface area contributed by atoms with Gasteiger partial charge in [-0.15, -0.1) is 0 Å². The molecule has 0 fully saturated rings. The van der Waals surface area contributed by atoms with Crippen molar-refractivity contribution in [1.82, 2.24) is 9.80 Å². The first-order chi connectivity index (χ1) is 6.15. The lowest BCUT2D eigenvalue weighted by molar-refractivity contribution is 0.189. The molecule has 0 bridgehead atoms. The van der Waals surface area contributed by atoms with Crippen molar-refractivity contribution in [3.05, 3.63) is 0 Å². The summed E-state index contributed by atoms with van der Waals surface area (Å²) in [6.45, 7) is 17.2. The zero-order valence-electron chi connectivity index (χ0n) is 10.0. The van der Waals surface area contributed by atoms with Crippen LogP contribution >= 0.6 is 0 Å². The van der Waals surface area contributed by atoms with Crippen LogP contribution in [0.1, 0.15) is 34.6 Å². The number of likely N-dealkylation sites (N-methyl/N-ethyl adjacent to an activating group) is 2. The van der Waals surface area contributed by atoms with Crippen molar-refractivity contribution >= 4 is 0 Å². The third kappa shape index (κ3) is 5.27. The quantitative estimate of drug-likeness (QED) is 0.600. The average molecular weight is 186 g/mol. The normalized spacial score (nSPS) is 12.0. The molecule has 0 saturated carbocycles. The van der Waals surface area contributed by atoms with E-state index in [1.165, 1.54) is 32.7 Å². The lowest BCUT2D eigenvalue weighted by atomic mass is 10.3. The zero-order chi connectivity index (χ0) is 10.3. The monoisotopic (exact) mass is 186 g/mol. The third-order valence-electron chi connectivity index (χ3n) is 2.73. The molecule has 0 N–H and O–H groups in total. The number of nitrogens with zero attached hydrogens (tertiary/aromatic N) is 2. The molecular weight excluding hydrogens is 160 g/mol. The van der Waals surface area contributed by atoms with Crippen molar-refractivity contribution in [3.63, 3.8) is 0 Å². The van der Waals surface area contributed by atoms with Gasteiger partial charge in [0.2, 0.25) is 0 Å². The fourth-order valence-corrected chi connectivity index (χ4v) is 1.59. The molecule has 0 aromatic heterocycles. The minimum Gasteiger partial charge on any atom is -0.303 e. The molecule has 80 valence electrons. The molecule has 0 unspecified atom stereocenters. The van der Waals surface area contributed by atoms with Crippen LogP contribution in [0.5, 0.6) is 0 Å². The summed E-state index contributed by atoms with van der Waals surface area (Å²) in [6, 6.07) is 0.681. The van der Waals surface area contributed by atoms with Crippen LogP contribution in [-0.4, -0.2) is 48.6 Å². The van der Waals surface area contributed by atoms with E-state index in [2.05, 4.69) is 44.4 Å². The number of hydrogen-bond donors (Lipinski definition) is 0. The molecule has 0 aliphatic rings. The predicted molar refractivity (Wildman–Crippen MR) is 60.2 cm³/mol. The highest BCUT2D eigenvalue weighted by atomic mass is 15.2. The van der Waals surface area contributed by atoms with E-state index in [9.17, 15) is 0 Å².